The number of anilines is 2. The molecule has 138 valence electrons. The fraction of sp³-hybridized carbons (Fsp3) is 0.727. The van der Waals surface area contributed by atoms with E-state index in [2.05, 4.69) is 48.7 Å². The van der Waals surface area contributed by atoms with Gasteiger partial charge in [0.05, 0.1) is 0 Å². The van der Waals surface area contributed by atoms with Crippen LogP contribution in [0.3, 0.4) is 0 Å². The summed E-state index contributed by atoms with van der Waals surface area (Å²) < 4.78 is 0. The second-order valence-electron chi connectivity index (χ2n) is 6.97. The first kappa shape index (κ1) is 20.9. The van der Waals surface area contributed by atoms with Crippen molar-refractivity contribution in [2.75, 3.05) is 23.7 Å². The van der Waals surface area contributed by atoms with Crippen LogP contribution in [0.25, 0.3) is 0 Å². The minimum atomic E-state index is 1.09. The topological polar surface area (TPSA) is 24.1 Å². The Morgan fingerprint density at radius 2 is 1.00 bits per heavy atom. The third-order valence-electron chi connectivity index (χ3n) is 4.58. The zero-order valence-corrected chi connectivity index (χ0v) is 16.2. The highest BCUT2D eigenvalue weighted by molar-refractivity contribution is 5.56. The lowest BCUT2D eigenvalue weighted by Crippen LogP contribution is -2.04. The fourth-order valence-electron chi connectivity index (χ4n) is 3.02. The van der Waals surface area contributed by atoms with Gasteiger partial charge in [0, 0.05) is 24.5 Å². The molecule has 0 aliphatic rings. The first-order chi connectivity index (χ1) is 11.9. The molecule has 0 heterocycles. The van der Waals surface area contributed by atoms with E-state index in [1.165, 1.54) is 88.4 Å². The molecule has 1 aromatic carbocycles. The van der Waals surface area contributed by atoms with Crippen LogP contribution in [0.1, 0.15) is 90.9 Å². The highest BCUT2D eigenvalue weighted by Gasteiger charge is 1.96. The van der Waals surface area contributed by atoms with Crippen LogP contribution in [-0.2, 0) is 0 Å². The molecule has 0 saturated carbocycles. The molecule has 24 heavy (non-hydrogen) atoms. The summed E-state index contributed by atoms with van der Waals surface area (Å²) in [5.74, 6) is 0. The minimum absolute atomic E-state index is 1.09. The van der Waals surface area contributed by atoms with E-state index in [0.29, 0.717) is 0 Å². The van der Waals surface area contributed by atoms with E-state index in [0.717, 1.165) is 13.1 Å². The molecule has 0 spiro atoms. The molecule has 0 atom stereocenters. The second-order valence-corrected chi connectivity index (χ2v) is 6.97. The van der Waals surface area contributed by atoms with Gasteiger partial charge in [0.2, 0.25) is 0 Å². The van der Waals surface area contributed by atoms with E-state index in [9.17, 15) is 0 Å². The van der Waals surface area contributed by atoms with Crippen LogP contribution in [0.2, 0.25) is 0 Å². The first-order valence-electron chi connectivity index (χ1n) is 10.4. The molecular weight excluding hydrogens is 292 g/mol. The van der Waals surface area contributed by atoms with Gasteiger partial charge in [0.1, 0.15) is 0 Å². The first-order valence-corrected chi connectivity index (χ1v) is 10.4. The van der Waals surface area contributed by atoms with Gasteiger partial charge < -0.3 is 10.6 Å². The SMILES string of the molecule is CCCCCCCCNc1cccc(NCCCCCCCC)c1. The largest absolute Gasteiger partial charge is 0.385 e. The lowest BCUT2D eigenvalue weighted by atomic mass is 10.1. The highest BCUT2D eigenvalue weighted by Crippen LogP contribution is 2.16. The van der Waals surface area contributed by atoms with E-state index in [-0.39, 0.29) is 0 Å². The van der Waals surface area contributed by atoms with E-state index in [1.807, 2.05) is 0 Å². The Balaban J connectivity index is 2.08. The lowest BCUT2D eigenvalue weighted by Gasteiger charge is -2.10. The van der Waals surface area contributed by atoms with Crippen LogP contribution in [-0.4, -0.2) is 13.1 Å². The molecule has 0 unspecified atom stereocenters. The third-order valence-corrected chi connectivity index (χ3v) is 4.58. The normalized spacial score (nSPS) is 10.8. The molecule has 0 amide bonds. The number of benzene rings is 1. The van der Waals surface area contributed by atoms with E-state index >= 15 is 0 Å². The molecule has 0 aromatic heterocycles. The molecular formula is C22H40N2. The van der Waals surface area contributed by atoms with Crippen molar-refractivity contribution in [2.45, 2.75) is 90.9 Å². The number of rotatable bonds is 16. The second kappa shape index (κ2) is 15.4. The molecule has 0 aliphatic heterocycles. The molecule has 2 N–H and O–H groups in total. The summed E-state index contributed by atoms with van der Waals surface area (Å²) in [6.45, 7) is 6.73. The van der Waals surface area contributed by atoms with Gasteiger partial charge in [-0.05, 0) is 31.0 Å². The standard InChI is InChI=1S/C22H40N2/c1-3-5-7-9-11-13-18-23-21-16-15-17-22(20-21)24-19-14-12-10-8-6-4-2/h15-17,20,23-24H,3-14,18-19H2,1-2H3. The van der Waals surface area contributed by atoms with Gasteiger partial charge in [-0.2, -0.15) is 0 Å². The van der Waals surface area contributed by atoms with E-state index in [1.54, 1.807) is 0 Å². The van der Waals surface area contributed by atoms with Gasteiger partial charge in [-0.1, -0.05) is 84.1 Å². The molecule has 1 rings (SSSR count). The van der Waals surface area contributed by atoms with Gasteiger partial charge in [0.25, 0.3) is 0 Å². The van der Waals surface area contributed by atoms with Gasteiger partial charge in [-0.25, -0.2) is 0 Å². The van der Waals surface area contributed by atoms with Gasteiger partial charge in [-0.15, -0.1) is 0 Å². The van der Waals surface area contributed by atoms with Crippen LogP contribution in [0.4, 0.5) is 11.4 Å². The van der Waals surface area contributed by atoms with Crippen molar-refractivity contribution in [3.05, 3.63) is 24.3 Å². The maximum Gasteiger partial charge on any atom is 0.0360 e. The Kier molecular flexibility index (Phi) is 13.3. The van der Waals surface area contributed by atoms with Gasteiger partial charge >= 0.3 is 0 Å². The van der Waals surface area contributed by atoms with Crippen LogP contribution < -0.4 is 10.6 Å². The molecule has 0 bridgehead atoms. The Morgan fingerprint density at radius 3 is 1.46 bits per heavy atom. The average molecular weight is 333 g/mol. The lowest BCUT2D eigenvalue weighted by molar-refractivity contribution is 0.617. The third kappa shape index (κ3) is 11.4. The Hall–Kier alpha value is -1.18. The molecule has 1 aromatic rings. The van der Waals surface area contributed by atoms with Crippen molar-refractivity contribution in [3.63, 3.8) is 0 Å². The van der Waals surface area contributed by atoms with Crippen LogP contribution in [0.15, 0.2) is 24.3 Å². The summed E-state index contributed by atoms with van der Waals surface area (Å²) in [5.41, 5.74) is 2.49. The number of nitrogens with one attached hydrogen (secondary N) is 2. The van der Waals surface area contributed by atoms with Crippen molar-refractivity contribution in [3.8, 4) is 0 Å². The average Bonchev–Trinajstić information content (AvgIpc) is 2.60. The summed E-state index contributed by atoms with van der Waals surface area (Å²) in [6.07, 6.45) is 16.3. The van der Waals surface area contributed by atoms with E-state index in [4.69, 9.17) is 0 Å². The Bertz CT molecular complexity index is 356. The van der Waals surface area contributed by atoms with Crippen molar-refractivity contribution in [1.82, 2.24) is 0 Å². The predicted octanol–water partition coefficient (Wildman–Crippen LogP) is 7.23. The van der Waals surface area contributed by atoms with Gasteiger partial charge in [0.15, 0.2) is 0 Å². The Labute approximate surface area is 150 Å². The van der Waals surface area contributed by atoms with Gasteiger partial charge in [-0.3, -0.25) is 0 Å². The smallest absolute Gasteiger partial charge is 0.0360 e. The zero-order chi connectivity index (χ0) is 17.3. The van der Waals surface area contributed by atoms with Crippen molar-refractivity contribution in [2.24, 2.45) is 0 Å². The molecule has 0 aliphatic carbocycles. The number of hydrogen-bond acceptors (Lipinski definition) is 2. The van der Waals surface area contributed by atoms with Crippen LogP contribution in [0, 0.1) is 0 Å². The molecule has 0 fully saturated rings. The molecule has 2 heteroatoms. The number of hydrogen-bond donors (Lipinski definition) is 2. The fourth-order valence-corrected chi connectivity index (χ4v) is 3.02. The van der Waals surface area contributed by atoms with Crippen molar-refractivity contribution in [1.29, 1.82) is 0 Å². The zero-order valence-electron chi connectivity index (χ0n) is 16.2. The summed E-state index contributed by atoms with van der Waals surface area (Å²) in [5, 5.41) is 7.12. The number of unbranched alkanes of at least 4 members (excludes halogenated alkanes) is 10. The molecule has 2 nitrogen and oxygen atoms in total. The quantitative estimate of drug-likeness (QED) is 0.312. The van der Waals surface area contributed by atoms with Crippen molar-refractivity contribution >= 4 is 11.4 Å². The highest BCUT2D eigenvalue weighted by atomic mass is 14.9. The molecule has 0 saturated heterocycles. The monoisotopic (exact) mass is 332 g/mol. The van der Waals surface area contributed by atoms with Crippen LogP contribution >= 0.6 is 0 Å². The summed E-state index contributed by atoms with van der Waals surface area (Å²) in [4.78, 5) is 0. The van der Waals surface area contributed by atoms with E-state index < -0.39 is 0 Å². The Morgan fingerprint density at radius 1 is 0.583 bits per heavy atom. The predicted molar refractivity (Wildman–Crippen MR) is 110 cm³/mol. The summed E-state index contributed by atoms with van der Waals surface area (Å²) in [7, 11) is 0. The maximum absolute atomic E-state index is 3.56. The van der Waals surface area contributed by atoms with Crippen LogP contribution in [0.5, 0.6) is 0 Å². The van der Waals surface area contributed by atoms with Crippen molar-refractivity contribution < 1.29 is 0 Å². The molecule has 0 radical (unpaired) electrons. The summed E-state index contributed by atoms with van der Waals surface area (Å²) in [6, 6.07) is 8.74. The minimum Gasteiger partial charge on any atom is -0.385 e. The summed E-state index contributed by atoms with van der Waals surface area (Å²) >= 11 is 0. The maximum atomic E-state index is 3.56.